The molecule has 0 saturated heterocycles. The molecule has 0 aliphatic heterocycles. The molecule has 37 heavy (non-hydrogen) atoms. The zero-order valence-corrected chi connectivity index (χ0v) is 20.6. The number of aldehydes is 1. The van der Waals surface area contributed by atoms with Gasteiger partial charge in [-0.25, -0.2) is 9.97 Å². The van der Waals surface area contributed by atoms with E-state index in [9.17, 15) is 18.0 Å². The second kappa shape index (κ2) is 9.53. The van der Waals surface area contributed by atoms with Crippen LogP contribution in [0.25, 0.3) is 22.3 Å². The van der Waals surface area contributed by atoms with Gasteiger partial charge in [0.05, 0.1) is 23.3 Å². The average molecular weight is 508 g/mol. The molecule has 192 valence electrons. The zero-order valence-electron chi connectivity index (χ0n) is 20.6. The highest BCUT2D eigenvalue weighted by molar-refractivity contribution is 5.93. The lowest BCUT2D eigenvalue weighted by Crippen LogP contribution is -2.31. The van der Waals surface area contributed by atoms with Gasteiger partial charge in [-0.2, -0.15) is 13.2 Å². The number of hydrogen-bond acceptors (Lipinski definition) is 5. The minimum atomic E-state index is -4.48. The number of carbonyl (C=O) groups is 1. The minimum Gasteiger partial charge on any atom is -0.398 e. The van der Waals surface area contributed by atoms with Gasteiger partial charge in [-0.15, -0.1) is 0 Å². The van der Waals surface area contributed by atoms with Crippen molar-refractivity contribution in [3.8, 4) is 11.3 Å². The Labute approximate surface area is 212 Å². The number of nitrogens with zero attached hydrogens (tertiary/aromatic N) is 3. The van der Waals surface area contributed by atoms with Gasteiger partial charge in [-0.3, -0.25) is 4.79 Å². The van der Waals surface area contributed by atoms with E-state index >= 15 is 0 Å². The van der Waals surface area contributed by atoms with Crippen molar-refractivity contribution < 1.29 is 18.0 Å². The van der Waals surface area contributed by atoms with Crippen LogP contribution in [0.3, 0.4) is 0 Å². The van der Waals surface area contributed by atoms with Gasteiger partial charge in [0.1, 0.15) is 5.52 Å². The molecule has 2 aromatic heterocycles. The van der Waals surface area contributed by atoms with Crippen molar-refractivity contribution in [2.24, 2.45) is 5.92 Å². The van der Waals surface area contributed by atoms with Gasteiger partial charge in [0.15, 0.2) is 17.9 Å². The van der Waals surface area contributed by atoms with E-state index in [1.54, 1.807) is 0 Å². The summed E-state index contributed by atoms with van der Waals surface area (Å²) in [5, 5.41) is 3.50. The summed E-state index contributed by atoms with van der Waals surface area (Å²) in [4.78, 5) is 20.6. The van der Waals surface area contributed by atoms with E-state index in [-0.39, 0.29) is 24.1 Å². The minimum absolute atomic E-state index is 0.0506. The first-order valence-electron chi connectivity index (χ1n) is 12.3. The van der Waals surface area contributed by atoms with E-state index in [2.05, 4.69) is 22.2 Å². The predicted molar refractivity (Wildman–Crippen MR) is 138 cm³/mol. The van der Waals surface area contributed by atoms with Gasteiger partial charge in [-0.05, 0) is 68.0 Å². The number of nitrogens with two attached hydrogens (primary N) is 1. The maximum atomic E-state index is 13.2. The third-order valence-electron chi connectivity index (χ3n) is 7.20. The number of aromatic nitrogens is 3. The number of aryl methyl sites for hydroxylation is 1. The predicted octanol–water partition coefficient (Wildman–Crippen LogP) is 6.47. The van der Waals surface area contributed by atoms with Crippen LogP contribution in [0, 0.1) is 12.8 Å². The standard InChI is InChI=1S/C28H28F3N5O/c1-16-5-3-8-19(11-16)24-13-23-26(27(35-25(15-37)34-23)33-17(2)18-6-4-7-18)36(24)14-20-9-10-21(12-22(20)32)28(29,30)31/h3,5,8-13,15,17-18H,4,6-7,14,32H2,1-2H3,(H,33,34,35)/t17-/m1/s1. The van der Waals surface area contributed by atoms with Gasteiger partial charge in [-0.1, -0.05) is 36.2 Å². The van der Waals surface area contributed by atoms with Crippen LogP contribution in [0.1, 0.15) is 53.5 Å². The molecule has 0 unspecified atom stereocenters. The molecule has 1 saturated carbocycles. The average Bonchev–Trinajstić information content (AvgIpc) is 3.17. The summed E-state index contributed by atoms with van der Waals surface area (Å²) in [6.07, 6.45) is -0.415. The molecule has 0 radical (unpaired) electrons. The van der Waals surface area contributed by atoms with Crippen LogP contribution in [-0.4, -0.2) is 26.9 Å². The number of anilines is 2. The Morgan fingerprint density at radius 2 is 1.95 bits per heavy atom. The van der Waals surface area contributed by atoms with E-state index in [4.69, 9.17) is 5.73 Å². The first kappa shape index (κ1) is 24.8. The second-order valence-corrected chi connectivity index (χ2v) is 9.80. The number of halogens is 3. The van der Waals surface area contributed by atoms with E-state index < -0.39 is 11.7 Å². The number of fused-ring (bicyclic) bond motifs is 1. The van der Waals surface area contributed by atoms with Crippen molar-refractivity contribution in [1.82, 2.24) is 14.5 Å². The van der Waals surface area contributed by atoms with Crippen molar-refractivity contribution in [1.29, 1.82) is 0 Å². The van der Waals surface area contributed by atoms with Crippen molar-refractivity contribution in [2.45, 2.75) is 51.9 Å². The maximum absolute atomic E-state index is 13.2. The number of carbonyl (C=O) groups excluding carboxylic acids is 1. The van der Waals surface area contributed by atoms with E-state index in [0.717, 1.165) is 41.8 Å². The van der Waals surface area contributed by atoms with Crippen molar-refractivity contribution in [3.63, 3.8) is 0 Å². The summed E-state index contributed by atoms with van der Waals surface area (Å²) < 4.78 is 41.7. The van der Waals surface area contributed by atoms with Crippen LogP contribution in [-0.2, 0) is 12.7 Å². The second-order valence-electron chi connectivity index (χ2n) is 9.80. The summed E-state index contributed by atoms with van der Waals surface area (Å²) in [5.41, 5.74) is 9.93. The SMILES string of the molecule is Cc1cccc(-c2cc3nc(C=O)nc(N[C@H](C)C4CCC4)c3n2Cc2ccc(C(F)(F)F)cc2N)c1. The van der Waals surface area contributed by atoms with Gasteiger partial charge in [0.25, 0.3) is 0 Å². The molecule has 0 spiro atoms. The lowest BCUT2D eigenvalue weighted by atomic mass is 9.80. The van der Waals surface area contributed by atoms with E-state index in [1.807, 2.05) is 41.8 Å². The molecule has 5 rings (SSSR count). The van der Waals surface area contributed by atoms with Crippen molar-refractivity contribution in [2.75, 3.05) is 11.1 Å². The fourth-order valence-corrected chi connectivity index (χ4v) is 4.90. The van der Waals surface area contributed by atoms with Crippen LogP contribution in [0.5, 0.6) is 0 Å². The Kier molecular flexibility index (Phi) is 6.39. The Balaban J connectivity index is 1.69. The number of alkyl halides is 3. The quantitative estimate of drug-likeness (QED) is 0.221. The highest BCUT2D eigenvalue weighted by atomic mass is 19.4. The molecule has 2 aromatic carbocycles. The van der Waals surface area contributed by atoms with Crippen molar-refractivity contribution >= 4 is 28.8 Å². The molecule has 3 N–H and O–H groups in total. The Hall–Kier alpha value is -3.88. The number of benzene rings is 2. The molecule has 0 bridgehead atoms. The molecular formula is C28H28F3N5O. The van der Waals surface area contributed by atoms with Crippen LogP contribution in [0.2, 0.25) is 0 Å². The first-order valence-corrected chi connectivity index (χ1v) is 12.3. The molecule has 4 aromatic rings. The molecule has 0 amide bonds. The Morgan fingerprint density at radius 1 is 1.16 bits per heavy atom. The summed E-state index contributed by atoms with van der Waals surface area (Å²) in [7, 11) is 0. The maximum Gasteiger partial charge on any atom is 0.416 e. The Bertz CT molecular complexity index is 1470. The number of hydrogen-bond donors (Lipinski definition) is 2. The van der Waals surface area contributed by atoms with Crippen molar-refractivity contribution in [3.05, 3.63) is 71.0 Å². The van der Waals surface area contributed by atoms with Gasteiger partial charge < -0.3 is 15.6 Å². The fourth-order valence-electron chi connectivity index (χ4n) is 4.90. The number of rotatable bonds is 7. The molecule has 9 heteroatoms. The molecule has 1 aliphatic rings. The van der Waals surface area contributed by atoms with Gasteiger partial charge in [0, 0.05) is 11.7 Å². The summed E-state index contributed by atoms with van der Waals surface area (Å²) in [5.74, 6) is 1.10. The number of nitrogens with one attached hydrogen (secondary N) is 1. The zero-order chi connectivity index (χ0) is 26.3. The van der Waals surface area contributed by atoms with E-state index in [0.29, 0.717) is 34.6 Å². The first-order chi connectivity index (χ1) is 17.6. The third-order valence-corrected chi connectivity index (χ3v) is 7.20. The summed E-state index contributed by atoms with van der Waals surface area (Å²) in [6.45, 7) is 4.29. The molecule has 1 aliphatic carbocycles. The molecule has 2 heterocycles. The summed E-state index contributed by atoms with van der Waals surface area (Å²) >= 11 is 0. The number of nitrogen functional groups attached to an aromatic ring is 1. The van der Waals surface area contributed by atoms with Gasteiger partial charge >= 0.3 is 6.18 Å². The van der Waals surface area contributed by atoms with Crippen LogP contribution in [0.15, 0.2) is 48.5 Å². The van der Waals surface area contributed by atoms with Crippen LogP contribution < -0.4 is 11.1 Å². The normalized spacial score (nSPS) is 14.9. The monoisotopic (exact) mass is 507 g/mol. The fraction of sp³-hybridized carbons (Fsp3) is 0.321. The lowest BCUT2D eigenvalue weighted by Gasteiger charge is -2.32. The third kappa shape index (κ3) is 4.90. The molecule has 6 nitrogen and oxygen atoms in total. The van der Waals surface area contributed by atoms with Crippen LogP contribution in [0.4, 0.5) is 24.7 Å². The van der Waals surface area contributed by atoms with Crippen LogP contribution >= 0.6 is 0 Å². The highest BCUT2D eigenvalue weighted by Gasteiger charge is 2.31. The van der Waals surface area contributed by atoms with Gasteiger partial charge in [0.2, 0.25) is 0 Å². The summed E-state index contributed by atoms with van der Waals surface area (Å²) in [6, 6.07) is 13.4. The Morgan fingerprint density at radius 3 is 2.57 bits per heavy atom. The highest BCUT2D eigenvalue weighted by Crippen LogP contribution is 2.37. The molecular weight excluding hydrogens is 479 g/mol. The topological polar surface area (TPSA) is 85.8 Å². The molecule has 1 atom stereocenters. The van der Waals surface area contributed by atoms with E-state index in [1.165, 1.54) is 12.5 Å². The molecule has 1 fully saturated rings. The lowest BCUT2D eigenvalue weighted by molar-refractivity contribution is -0.137. The smallest absolute Gasteiger partial charge is 0.398 e. The largest absolute Gasteiger partial charge is 0.416 e.